The summed E-state index contributed by atoms with van der Waals surface area (Å²) in [5.74, 6) is -0.746. The smallest absolute Gasteiger partial charge is 0.406 e. The van der Waals surface area contributed by atoms with Crippen molar-refractivity contribution in [1.29, 1.82) is 0 Å². The van der Waals surface area contributed by atoms with Gasteiger partial charge in [0.15, 0.2) is 5.69 Å². The highest BCUT2D eigenvalue weighted by Gasteiger charge is 2.31. The Labute approximate surface area is 150 Å². The summed E-state index contributed by atoms with van der Waals surface area (Å²) in [5.41, 5.74) is 0.981. The second-order valence-electron chi connectivity index (χ2n) is 7.22. The molecule has 0 saturated heterocycles. The Morgan fingerprint density at radius 2 is 1.85 bits per heavy atom. The third-order valence-electron chi connectivity index (χ3n) is 3.52. The van der Waals surface area contributed by atoms with Gasteiger partial charge in [-0.3, -0.25) is 9.48 Å². The molecule has 0 aliphatic carbocycles. The monoisotopic (exact) mass is 369 g/mol. The van der Waals surface area contributed by atoms with Crippen LogP contribution in [0.2, 0.25) is 0 Å². The molecule has 2 aromatic rings. The third-order valence-corrected chi connectivity index (χ3v) is 3.52. The van der Waals surface area contributed by atoms with Crippen molar-refractivity contribution < 1.29 is 22.7 Å². The Bertz CT molecular complexity index is 790. The fourth-order valence-corrected chi connectivity index (χ4v) is 2.42. The zero-order valence-corrected chi connectivity index (χ0v) is 15.3. The van der Waals surface area contributed by atoms with Crippen LogP contribution in [0, 0.1) is 0 Å². The zero-order chi connectivity index (χ0) is 19.7. The predicted octanol–water partition coefficient (Wildman–Crippen LogP) is 4.91. The van der Waals surface area contributed by atoms with Crippen molar-refractivity contribution in [3.8, 4) is 5.75 Å². The average Bonchev–Trinajstić information content (AvgIpc) is 2.91. The number of amides is 1. The Morgan fingerprint density at radius 1 is 1.19 bits per heavy atom. The molecule has 0 saturated carbocycles. The molecule has 0 aliphatic rings. The Morgan fingerprint density at radius 3 is 2.35 bits per heavy atom. The van der Waals surface area contributed by atoms with E-state index >= 15 is 0 Å². The molecule has 0 aliphatic heterocycles. The lowest BCUT2D eigenvalue weighted by atomic mass is 10.1. The highest BCUT2D eigenvalue weighted by molar-refractivity contribution is 6.03. The van der Waals surface area contributed by atoms with Crippen LogP contribution in [0.25, 0.3) is 0 Å². The number of halogens is 3. The van der Waals surface area contributed by atoms with Crippen molar-refractivity contribution in [1.82, 2.24) is 9.78 Å². The lowest BCUT2D eigenvalue weighted by Crippen LogP contribution is -2.26. The number of rotatable bonds is 4. The van der Waals surface area contributed by atoms with Crippen LogP contribution in [0.5, 0.6) is 5.75 Å². The van der Waals surface area contributed by atoms with Gasteiger partial charge in [-0.15, -0.1) is 13.2 Å². The number of nitrogens with one attached hydrogen (secondary N) is 1. The third kappa shape index (κ3) is 5.00. The number of ether oxygens (including phenoxy) is 1. The number of hydrogen-bond acceptors (Lipinski definition) is 3. The second-order valence-corrected chi connectivity index (χ2v) is 7.22. The molecule has 1 aromatic carbocycles. The van der Waals surface area contributed by atoms with Gasteiger partial charge in [-0.25, -0.2) is 0 Å². The molecule has 142 valence electrons. The van der Waals surface area contributed by atoms with Crippen molar-refractivity contribution in [2.75, 3.05) is 5.32 Å². The maximum atomic E-state index is 12.5. The summed E-state index contributed by atoms with van der Waals surface area (Å²) in [5, 5.41) is 6.93. The minimum Gasteiger partial charge on any atom is -0.406 e. The fourth-order valence-electron chi connectivity index (χ4n) is 2.42. The molecule has 26 heavy (non-hydrogen) atoms. The van der Waals surface area contributed by atoms with Gasteiger partial charge >= 0.3 is 6.36 Å². The lowest BCUT2D eigenvalue weighted by molar-refractivity contribution is -0.274. The maximum Gasteiger partial charge on any atom is 0.573 e. The first kappa shape index (κ1) is 19.8. The number of carbonyl (C=O) groups is 1. The molecule has 0 unspecified atom stereocenters. The minimum absolute atomic E-state index is 0.159. The Kier molecular flexibility index (Phi) is 5.34. The molecule has 1 N–H and O–H groups in total. The van der Waals surface area contributed by atoms with E-state index in [1.807, 2.05) is 34.6 Å². The highest BCUT2D eigenvalue weighted by Crippen LogP contribution is 2.26. The molecule has 0 spiro atoms. The summed E-state index contributed by atoms with van der Waals surface area (Å²) in [7, 11) is 0. The summed E-state index contributed by atoms with van der Waals surface area (Å²) in [6.45, 7) is 9.93. The van der Waals surface area contributed by atoms with Crippen LogP contribution in [0.1, 0.15) is 56.7 Å². The van der Waals surface area contributed by atoms with Crippen LogP contribution in [0.15, 0.2) is 30.3 Å². The number of carbonyl (C=O) groups excluding carboxylic acids is 1. The second kappa shape index (κ2) is 7.01. The van der Waals surface area contributed by atoms with Gasteiger partial charge < -0.3 is 10.1 Å². The van der Waals surface area contributed by atoms with Gasteiger partial charge in [-0.05, 0) is 44.9 Å². The molecule has 0 fully saturated rings. The maximum absolute atomic E-state index is 12.5. The van der Waals surface area contributed by atoms with E-state index < -0.39 is 18.0 Å². The first-order valence-electron chi connectivity index (χ1n) is 8.14. The van der Waals surface area contributed by atoms with Crippen LogP contribution in [-0.4, -0.2) is 22.1 Å². The molecule has 8 heteroatoms. The van der Waals surface area contributed by atoms with Crippen molar-refractivity contribution in [3.63, 3.8) is 0 Å². The summed E-state index contributed by atoms with van der Waals surface area (Å²) in [4.78, 5) is 12.5. The summed E-state index contributed by atoms with van der Waals surface area (Å²) >= 11 is 0. The van der Waals surface area contributed by atoms with Crippen molar-refractivity contribution in [3.05, 3.63) is 41.7 Å². The molecule has 0 bridgehead atoms. The Balaban J connectivity index is 2.24. The zero-order valence-electron chi connectivity index (χ0n) is 15.3. The molecular formula is C18H22F3N3O2. The average molecular weight is 369 g/mol. The molecule has 1 aromatic heterocycles. The van der Waals surface area contributed by atoms with Gasteiger partial charge in [0, 0.05) is 17.4 Å². The molecule has 5 nitrogen and oxygen atoms in total. The van der Waals surface area contributed by atoms with E-state index in [0.717, 1.165) is 17.8 Å². The first-order chi connectivity index (χ1) is 11.9. The van der Waals surface area contributed by atoms with E-state index in [9.17, 15) is 18.0 Å². The summed E-state index contributed by atoms with van der Waals surface area (Å²) in [6, 6.07) is 6.81. The highest BCUT2D eigenvalue weighted by atomic mass is 19.4. The SMILES string of the molecule is CC(C)c1cc(C(=O)Nc2cccc(OC(F)(F)F)c2)nn1C(C)(C)C. The number of anilines is 1. The van der Waals surface area contributed by atoms with Crippen LogP contribution in [0.4, 0.5) is 18.9 Å². The minimum atomic E-state index is -4.79. The van der Waals surface area contributed by atoms with E-state index in [1.165, 1.54) is 12.1 Å². The van der Waals surface area contributed by atoms with Gasteiger partial charge in [-0.1, -0.05) is 19.9 Å². The van der Waals surface area contributed by atoms with Crippen LogP contribution in [0.3, 0.4) is 0 Å². The topological polar surface area (TPSA) is 56.1 Å². The molecular weight excluding hydrogens is 347 g/mol. The van der Waals surface area contributed by atoms with Crippen LogP contribution >= 0.6 is 0 Å². The molecule has 0 radical (unpaired) electrons. The van der Waals surface area contributed by atoms with Crippen molar-refractivity contribution in [2.45, 2.75) is 52.4 Å². The van der Waals surface area contributed by atoms with E-state index in [1.54, 1.807) is 10.7 Å². The van der Waals surface area contributed by atoms with Gasteiger partial charge in [0.25, 0.3) is 5.91 Å². The van der Waals surface area contributed by atoms with Gasteiger partial charge in [-0.2, -0.15) is 5.10 Å². The normalized spacial score (nSPS) is 12.3. The predicted molar refractivity (Wildman–Crippen MR) is 92.4 cm³/mol. The summed E-state index contributed by atoms with van der Waals surface area (Å²) < 4.78 is 42.6. The van der Waals surface area contributed by atoms with E-state index in [2.05, 4.69) is 15.2 Å². The molecule has 0 atom stereocenters. The Hall–Kier alpha value is -2.51. The van der Waals surface area contributed by atoms with E-state index in [-0.39, 0.29) is 22.8 Å². The number of nitrogens with zero attached hydrogens (tertiary/aromatic N) is 2. The van der Waals surface area contributed by atoms with Gasteiger partial charge in [0.1, 0.15) is 5.75 Å². The fraction of sp³-hybridized carbons (Fsp3) is 0.444. The number of hydrogen-bond donors (Lipinski definition) is 1. The van der Waals surface area contributed by atoms with Crippen LogP contribution < -0.4 is 10.1 Å². The number of aromatic nitrogens is 2. The standard InChI is InChI=1S/C18H22F3N3O2/c1-11(2)15-10-14(23-24(15)17(3,4)5)16(25)22-12-7-6-8-13(9-12)26-18(19,20)21/h6-11H,1-5H3,(H,22,25). The van der Waals surface area contributed by atoms with Crippen LogP contribution in [-0.2, 0) is 5.54 Å². The summed E-state index contributed by atoms with van der Waals surface area (Å²) in [6.07, 6.45) is -4.79. The molecule has 1 heterocycles. The first-order valence-corrected chi connectivity index (χ1v) is 8.14. The van der Waals surface area contributed by atoms with Crippen molar-refractivity contribution >= 4 is 11.6 Å². The number of benzene rings is 1. The largest absolute Gasteiger partial charge is 0.573 e. The van der Waals surface area contributed by atoms with Gasteiger partial charge in [0.2, 0.25) is 0 Å². The lowest BCUT2D eigenvalue weighted by Gasteiger charge is -2.23. The number of alkyl halides is 3. The van der Waals surface area contributed by atoms with E-state index in [4.69, 9.17) is 0 Å². The van der Waals surface area contributed by atoms with Gasteiger partial charge in [0.05, 0.1) is 5.54 Å². The molecule has 1 amide bonds. The quantitative estimate of drug-likeness (QED) is 0.833. The van der Waals surface area contributed by atoms with E-state index in [0.29, 0.717) is 0 Å². The molecule has 2 rings (SSSR count). The van der Waals surface area contributed by atoms with Crippen molar-refractivity contribution in [2.24, 2.45) is 0 Å².